The van der Waals surface area contributed by atoms with Crippen LogP contribution in [0.3, 0.4) is 0 Å². The van der Waals surface area contributed by atoms with Crippen molar-refractivity contribution >= 4 is 34.5 Å². The molecule has 2 aromatic carbocycles. The largest absolute Gasteiger partial charge is 0.394 e. The van der Waals surface area contributed by atoms with Gasteiger partial charge < -0.3 is 21.3 Å². The highest BCUT2D eigenvalue weighted by Gasteiger charge is 2.27. The Morgan fingerprint density at radius 3 is 2.61 bits per heavy atom. The first-order valence-corrected chi connectivity index (χ1v) is 11.3. The Morgan fingerprint density at radius 1 is 1.18 bits per heavy atom. The van der Waals surface area contributed by atoms with Crippen molar-refractivity contribution < 1.29 is 9.59 Å². The third kappa shape index (κ3) is 4.19. The fourth-order valence-corrected chi connectivity index (χ4v) is 4.92. The summed E-state index contributed by atoms with van der Waals surface area (Å²) in [7, 11) is 0. The van der Waals surface area contributed by atoms with Crippen LogP contribution in [-0.2, 0) is 24.3 Å². The first-order chi connectivity index (χ1) is 15.7. The van der Waals surface area contributed by atoms with Crippen LogP contribution in [0.4, 0.5) is 11.4 Å². The highest BCUT2D eigenvalue weighted by molar-refractivity contribution is 7.10. The lowest BCUT2D eigenvalue weighted by Gasteiger charge is -2.32. The van der Waals surface area contributed by atoms with Crippen LogP contribution in [0.15, 0.2) is 45.4 Å². The molecule has 0 spiro atoms. The second-order valence-corrected chi connectivity index (χ2v) is 9.24. The summed E-state index contributed by atoms with van der Waals surface area (Å²) in [5, 5.41) is 7.24. The van der Waals surface area contributed by atoms with E-state index in [4.69, 9.17) is 5.73 Å². The number of anilines is 2. The molecule has 2 amide bonds. The number of hydrogen-bond acceptors (Lipinski definition) is 7. The highest BCUT2D eigenvalue weighted by atomic mass is 32.1. The minimum absolute atomic E-state index is 0.0234. The van der Waals surface area contributed by atoms with Gasteiger partial charge in [0.2, 0.25) is 0 Å². The molecule has 170 valence electrons. The molecule has 2 heterocycles. The average molecular weight is 465 g/mol. The Morgan fingerprint density at radius 2 is 1.94 bits per heavy atom. The number of thiophene rings is 1. The van der Waals surface area contributed by atoms with Gasteiger partial charge in [-0.05, 0) is 47.9 Å². The van der Waals surface area contributed by atoms with Crippen molar-refractivity contribution in [3.8, 4) is 0 Å². The van der Waals surface area contributed by atoms with E-state index in [-0.39, 0.29) is 23.8 Å². The van der Waals surface area contributed by atoms with E-state index in [9.17, 15) is 19.2 Å². The number of hydrogen-bond donors (Lipinski definition) is 3. The normalized spacial score (nSPS) is 13.0. The van der Waals surface area contributed by atoms with Crippen molar-refractivity contribution in [2.24, 2.45) is 0 Å². The zero-order valence-corrected chi connectivity index (χ0v) is 19.2. The maximum atomic E-state index is 12.5. The SMILES string of the molecule is C=C(NC(=O)c1c(C)csc1C)C(=O)NCc1ccc2c(c1)CN(c1c(N)c(=O)c1=O)CC2. The summed E-state index contributed by atoms with van der Waals surface area (Å²) in [4.78, 5) is 51.0. The van der Waals surface area contributed by atoms with Gasteiger partial charge in [0.15, 0.2) is 0 Å². The zero-order chi connectivity index (χ0) is 23.9. The fourth-order valence-electron chi connectivity index (χ4n) is 4.08. The van der Waals surface area contributed by atoms with E-state index < -0.39 is 16.8 Å². The minimum Gasteiger partial charge on any atom is -0.394 e. The van der Waals surface area contributed by atoms with Crippen LogP contribution in [0, 0.1) is 13.8 Å². The van der Waals surface area contributed by atoms with Crippen LogP contribution in [0.1, 0.15) is 37.5 Å². The standard InChI is InChI=1S/C24H24N4O4S/c1-12-11-33-14(3)18(12)24(32)27-13(2)23(31)26-9-15-4-5-16-6-7-28(10-17(16)8-15)20-19(25)21(29)22(20)30/h4-5,8,11H,2,6-7,9-10,25H2,1,3H3,(H,26,31)(H,27,32). The van der Waals surface area contributed by atoms with E-state index in [2.05, 4.69) is 17.2 Å². The van der Waals surface area contributed by atoms with Crippen molar-refractivity contribution in [1.29, 1.82) is 0 Å². The number of benzene rings is 1. The smallest absolute Gasteiger partial charge is 0.267 e. The number of nitrogens with one attached hydrogen (secondary N) is 2. The number of carbonyl (C=O) groups excluding carboxylic acids is 2. The molecule has 0 fully saturated rings. The summed E-state index contributed by atoms with van der Waals surface area (Å²) in [5.41, 5.74) is 9.31. The van der Waals surface area contributed by atoms with Gasteiger partial charge in [-0.25, -0.2) is 0 Å². The van der Waals surface area contributed by atoms with E-state index >= 15 is 0 Å². The molecule has 4 rings (SSSR count). The molecule has 9 heteroatoms. The lowest BCUT2D eigenvalue weighted by Crippen LogP contribution is -2.44. The number of rotatable bonds is 6. The lowest BCUT2D eigenvalue weighted by molar-refractivity contribution is -0.117. The van der Waals surface area contributed by atoms with E-state index in [0.717, 1.165) is 33.6 Å². The van der Waals surface area contributed by atoms with Gasteiger partial charge in [-0.1, -0.05) is 24.8 Å². The highest BCUT2D eigenvalue weighted by Crippen LogP contribution is 2.26. The van der Waals surface area contributed by atoms with E-state index in [1.807, 2.05) is 42.3 Å². The molecule has 1 aromatic heterocycles. The summed E-state index contributed by atoms with van der Waals surface area (Å²) in [6.07, 6.45) is 0.727. The number of nitrogen functional groups attached to an aromatic ring is 1. The molecule has 0 radical (unpaired) electrons. The molecule has 1 aliphatic rings. The van der Waals surface area contributed by atoms with Crippen molar-refractivity contribution in [3.63, 3.8) is 0 Å². The molecule has 1 aliphatic heterocycles. The Bertz CT molecular complexity index is 1340. The van der Waals surface area contributed by atoms with Crippen LogP contribution < -0.4 is 32.1 Å². The van der Waals surface area contributed by atoms with Gasteiger partial charge in [0.05, 0.1) is 11.3 Å². The topological polar surface area (TPSA) is 122 Å². The molecule has 0 saturated heterocycles. The second-order valence-electron chi connectivity index (χ2n) is 8.16. The van der Waals surface area contributed by atoms with E-state index in [1.165, 1.54) is 11.3 Å². The monoisotopic (exact) mass is 464 g/mol. The van der Waals surface area contributed by atoms with Crippen molar-refractivity contribution in [2.45, 2.75) is 33.4 Å². The Hall–Kier alpha value is -3.72. The third-order valence-corrected chi connectivity index (χ3v) is 6.93. The van der Waals surface area contributed by atoms with Gasteiger partial charge >= 0.3 is 0 Å². The Kier molecular flexibility index (Phi) is 5.90. The predicted molar refractivity (Wildman–Crippen MR) is 129 cm³/mol. The van der Waals surface area contributed by atoms with Crippen molar-refractivity contribution in [1.82, 2.24) is 10.6 Å². The molecule has 3 aromatic rings. The quantitative estimate of drug-likeness (QED) is 0.377. The van der Waals surface area contributed by atoms with Crippen molar-refractivity contribution in [3.05, 3.63) is 89.0 Å². The number of carbonyl (C=O) groups is 2. The van der Waals surface area contributed by atoms with Gasteiger partial charge in [-0.3, -0.25) is 19.2 Å². The van der Waals surface area contributed by atoms with Crippen LogP contribution in [0.2, 0.25) is 0 Å². The van der Waals surface area contributed by atoms with E-state index in [0.29, 0.717) is 24.3 Å². The third-order valence-electron chi connectivity index (χ3n) is 5.90. The first-order valence-electron chi connectivity index (χ1n) is 10.4. The molecular weight excluding hydrogens is 440 g/mol. The van der Waals surface area contributed by atoms with Gasteiger partial charge in [0.25, 0.3) is 22.7 Å². The molecule has 0 unspecified atom stereocenters. The molecule has 0 bridgehead atoms. The molecule has 0 atom stereocenters. The van der Waals surface area contributed by atoms with E-state index in [1.54, 1.807) is 0 Å². The lowest BCUT2D eigenvalue weighted by atomic mass is 9.96. The van der Waals surface area contributed by atoms with Gasteiger partial charge in [0.1, 0.15) is 11.4 Å². The van der Waals surface area contributed by atoms with Gasteiger partial charge in [-0.2, -0.15) is 0 Å². The first kappa shape index (κ1) is 22.5. The van der Waals surface area contributed by atoms with Crippen LogP contribution in [-0.4, -0.2) is 18.4 Å². The predicted octanol–water partition coefficient (Wildman–Crippen LogP) is 1.67. The van der Waals surface area contributed by atoms with Gasteiger partial charge in [-0.15, -0.1) is 11.3 Å². The summed E-state index contributed by atoms with van der Waals surface area (Å²) in [6.45, 7) is 8.72. The second kappa shape index (κ2) is 8.67. The van der Waals surface area contributed by atoms with Crippen LogP contribution in [0.25, 0.3) is 0 Å². The Labute approximate surface area is 194 Å². The molecule has 0 aliphatic carbocycles. The maximum absolute atomic E-state index is 12.5. The van der Waals surface area contributed by atoms with Crippen LogP contribution in [0.5, 0.6) is 0 Å². The zero-order valence-electron chi connectivity index (χ0n) is 18.4. The number of aryl methyl sites for hydroxylation is 2. The Balaban J connectivity index is 1.37. The minimum atomic E-state index is -0.621. The molecule has 0 saturated carbocycles. The number of fused-ring (bicyclic) bond motifs is 1. The van der Waals surface area contributed by atoms with Crippen LogP contribution >= 0.6 is 11.3 Å². The molecule has 33 heavy (non-hydrogen) atoms. The summed E-state index contributed by atoms with van der Waals surface area (Å²) in [5.74, 6) is -0.817. The summed E-state index contributed by atoms with van der Waals surface area (Å²) >= 11 is 1.48. The molecule has 8 nitrogen and oxygen atoms in total. The molecule has 4 N–H and O–H groups in total. The number of nitrogens with zero attached hydrogens (tertiary/aromatic N) is 1. The molecular formula is C24H24N4O4S. The average Bonchev–Trinajstić information content (AvgIpc) is 3.14. The number of nitrogens with two attached hydrogens (primary N) is 1. The number of amides is 2. The van der Waals surface area contributed by atoms with Gasteiger partial charge in [0, 0.05) is 24.5 Å². The summed E-state index contributed by atoms with van der Waals surface area (Å²) in [6, 6.07) is 5.89. The maximum Gasteiger partial charge on any atom is 0.267 e. The summed E-state index contributed by atoms with van der Waals surface area (Å²) < 4.78 is 0. The van der Waals surface area contributed by atoms with Crippen molar-refractivity contribution in [2.75, 3.05) is 17.2 Å². The fraction of sp³-hybridized carbons (Fsp3) is 0.250.